The van der Waals surface area contributed by atoms with E-state index in [1.807, 2.05) is 19.0 Å². The summed E-state index contributed by atoms with van der Waals surface area (Å²) in [6.07, 6.45) is 1.37. The highest BCUT2D eigenvalue weighted by Gasteiger charge is 2.14. The van der Waals surface area contributed by atoms with Gasteiger partial charge >= 0.3 is 5.97 Å². The highest BCUT2D eigenvalue weighted by molar-refractivity contribution is 9.10. The van der Waals surface area contributed by atoms with Gasteiger partial charge in [-0.3, -0.25) is 0 Å². The molecule has 0 saturated carbocycles. The normalized spacial score (nSPS) is 10.0. The van der Waals surface area contributed by atoms with Crippen LogP contribution in [0.4, 0.5) is 5.82 Å². The van der Waals surface area contributed by atoms with E-state index in [4.69, 9.17) is 5.11 Å². The molecular weight excluding hydrogens is 248 g/mol. The van der Waals surface area contributed by atoms with Gasteiger partial charge in [0.2, 0.25) is 0 Å². The molecule has 0 amide bonds. The Morgan fingerprint density at radius 3 is 2.57 bits per heavy atom. The van der Waals surface area contributed by atoms with Crippen molar-refractivity contribution in [3.63, 3.8) is 0 Å². The molecule has 1 N–H and O–H groups in total. The second-order valence-electron chi connectivity index (χ2n) is 3.13. The minimum atomic E-state index is -0.957. The van der Waals surface area contributed by atoms with Crippen molar-refractivity contribution in [2.24, 2.45) is 0 Å². The largest absolute Gasteiger partial charge is 0.478 e. The summed E-state index contributed by atoms with van der Waals surface area (Å²) in [5.41, 5.74) is 0.915. The predicted octanol–water partition coefficient (Wildman–Crippen LogP) is 1.92. The van der Waals surface area contributed by atoms with Gasteiger partial charge in [-0.1, -0.05) is 0 Å². The number of carbonyl (C=O) groups is 1. The van der Waals surface area contributed by atoms with Crippen molar-refractivity contribution in [2.75, 3.05) is 19.0 Å². The molecule has 5 heteroatoms. The van der Waals surface area contributed by atoms with E-state index in [0.29, 0.717) is 5.56 Å². The fraction of sp³-hybridized carbons (Fsp3) is 0.333. The Labute approximate surface area is 90.7 Å². The Hall–Kier alpha value is -1.10. The summed E-state index contributed by atoms with van der Waals surface area (Å²) in [4.78, 5) is 16.7. The number of halogens is 1. The molecular formula is C9H11BrN2O2. The lowest BCUT2D eigenvalue weighted by Crippen LogP contribution is -2.13. The fourth-order valence-electron chi connectivity index (χ4n) is 1.09. The minimum Gasteiger partial charge on any atom is -0.478 e. The monoisotopic (exact) mass is 258 g/mol. The molecule has 0 unspecified atom stereocenters. The van der Waals surface area contributed by atoms with E-state index in [1.54, 1.807) is 6.92 Å². The minimum absolute atomic E-state index is 0.225. The molecule has 0 fully saturated rings. The molecule has 0 radical (unpaired) electrons. The van der Waals surface area contributed by atoms with Crippen molar-refractivity contribution in [1.82, 2.24) is 4.98 Å². The molecule has 0 aliphatic carbocycles. The molecule has 0 aliphatic heterocycles. The molecule has 4 nitrogen and oxygen atoms in total. The average Bonchev–Trinajstić information content (AvgIpc) is 2.08. The summed E-state index contributed by atoms with van der Waals surface area (Å²) in [7, 11) is 3.71. The molecule has 1 aromatic rings. The molecule has 1 aromatic heterocycles. The third-order valence-corrected chi connectivity index (χ3v) is 2.85. The van der Waals surface area contributed by atoms with Crippen LogP contribution in [0.25, 0.3) is 0 Å². The second kappa shape index (κ2) is 3.96. The van der Waals surface area contributed by atoms with E-state index in [1.165, 1.54) is 6.20 Å². The third-order valence-electron chi connectivity index (χ3n) is 1.90. The van der Waals surface area contributed by atoms with Crippen LogP contribution in [-0.2, 0) is 0 Å². The quantitative estimate of drug-likeness (QED) is 0.881. The lowest BCUT2D eigenvalue weighted by Gasteiger charge is -2.15. The van der Waals surface area contributed by atoms with Gasteiger partial charge in [0, 0.05) is 20.3 Å². The van der Waals surface area contributed by atoms with Gasteiger partial charge in [-0.2, -0.15) is 0 Å². The number of anilines is 1. The first-order valence-electron chi connectivity index (χ1n) is 4.01. The van der Waals surface area contributed by atoms with Gasteiger partial charge in [-0.15, -0.1) is 0 Å². The number of carboxylic acid groups (broad SMARTS) is 1. The zero-order valence-electron chi connectivity index (χ0n) is 8.21. The van der Waals surface area contributed by atoms with Crippen LogP contribution < -0.4 is 4.90 Å². The Morgan fingerprint density at radius 2 is 2.14 bits per heavy atom. The Kier molecular flexibility index (Phi) is 3.10. The second-order valence-corrected chi connectivity index (χ2v) is 3.93. The predicted molar refractivity (Wildman–Crippen MR) is 58.0 cm³/mol. The summed E-state index contributed by atoms with van der Waals surface area (Å²) in [5.74, 6) is -0.228. The van der Waals surface area contributed by atoms with Gasteiger partial charge in [0.25, 0.3) is 0 Å². The first-order valence-corrected chi connectivity index (χ1v) is 4.80. The molecule has 76 valence electrons. The number of aromatic nitrogens is 1. The van der Waals surface area contributed by atoms with Crippen molar-refractivity contribution >= 4 is 27.7 Å². The van der Waals surface area contributed by atoms with Crippen LogP contribution in [0.1, 0.15) is 15.9 Å². The average molecular weight is 259 g/mol. The third kappa shape index (κ3) is 1.87. The number of aromatic carboxylic acids is 1. The van der Waals surface area contributed by atoms with Crippen molar-refractivity contribution in [2.45, 2.75) is 6.92 Å². The van der Waals surface area contributed by atoms with Crippen molar-refractivity contribution in [1.29, 1.82) is 0 Å². The van der Waals surface area contributed by atoms with Crippen LogP contribution in [0, 0.1) is 6.92 Å². The first kappa shape index (κ1) is 11.0. The topological polar surface area (TPSA) is 53.4 Å². The molecule has 1 heterocycles. The Balaban J connectivity index is 3.33. The summed E-state index contributed by atoms with van der Waals surface area (Å²) in [6.45, 7) is 1.75. The van der Waals surface area contributed by atoms with E-state index >= 15 is 0 Å². The van der Waals surface area contributed by atoms with Crippen molar-refractivity contribution < 1.29 is 9.90 Å². The summed E-state index contributed by atoms with van der Waals surface area (Å²) in [5, 5.41) is 8.85. The highest BCUT2D eigenvalue weighted by atomic mass is 79.9. The highest BCUT2D eigenvalue weighted by Crippen LogP contribution is 2.27. The molecule has 0 atom stereocenters. The van der Waals surface area contributed by atoms with E-state index in [0.717, 1.165) is 10.3 Å². The van der Waals surface area contributed by atoms with Gasteiger partial charge in [-0.25, -0.2) is 9.78 Å². The van der Waals surface area contributed by atoms with Crippen molar-refractivity contribution in [3.05, 3.63) is 21.8 Å². The Morgan fingerprint density at radius 1 is 1.57 bits per heavy atom. The standard InChI is InChI=1S/C9H11BrN2O2/c1-5-6(9(13)14)4-11-8(7(5)10)12(2)3/h4H,1-3H3,(H,13,14). The van der Waals surface area contributed by atoms with E-state index in [9.17, 15) is 4.79 Å². The molecule has 0 aromatic carbocycles. The lowest BCUT2D eigenvalue weighted by atomic mass is 10.1. The van der Waals surface area contributed by atoms with E-state index in [2.05, 4.69) is 20.9 Å². The zero-order chi connectivity index (χ0) is 10.9. The fourth-order valence-corrected chi connectivity index (χ4v) is 1.76. The smallest absolute Gasteiger partial charge is 0.337 e. The summed E-state index contributed by atoms with van der Waals surface area (Å²) < 4.78 is 0.724. The number of nitrogens with zero attached hydrogens (tertiary/aromatic N) is 2. The molecule has 0 bridgehead atoms. The van der Waals surface area contributed by atoms with Gasteiger partial charge < -0.3 is 10.0 Å². The SMILES string of the molecule is Cc1c(C(=O)O)cnc(N(C)C)c1Br. The molecule has 0 spiro atoms. The van der Waals surface area contributed by atoms with Gasteiger partial charge in [-0.05, 0) is 28.4 Å². The van der Waals surface area contributed by atoms with Crippen molar-refractivity contribution in [3.8, 4) is 0 Å². The number of hydrogen-bond acceptors (Lipinski definition) is 3. The number of rotatable bonds is 2. The van der Waals surface area contributed by atoms with E-state index in [-0.39, 0.29) is 5.56 Å². The van der Waals surface area contributed by atoms with Crippen LogP contribution in [-0.4, -0.2) is 30.2 Å². The molecule has 14 heavy (non-hydrogen) atoms. The number of carboxylic acids is 1. The molecule has 1 rings (SSSR count). The van der Waals surface area contributed by atoms with E-state index < -0.39 is 5.97 Å². The lowest BCUT2D eigenvalue weighted by molar-refractivity contribution is 0.0695. The van der Waals surface area contributed by atoms with Crippen LogP contribution in [0.3, 0.4) is 0 Å². The maximum atomic E-state index is 10.8. The zero-order valence-corrected chi connectivity index (χ0v) is 9.79. The maximum Gasteiger partial charge on any atom is 0.337 e. The Bertz CT molecular complexity index is 377. The maximum absolute atomic E-state index is 10.8. The number of pyridine rings is 1. The van der Waals surface area contributed by atoms with Gasteiger partial charge in [0.1, 0.15) is 5.82 Å². The van der Waals surface area contributed by atoms with Crippen LogP contribution in [0.2, 0.25) is 0 Å². The van der Waals surface area contributed by atoms with Crippen LogP contribution in [0.5, 0.6) is 0 Å². The van der Waals surface area contributed by atoms with Crippen LogP contribution >= 0.6 is 15.9 Å². The first-order chi connectivity index (χ1) is 6.45. The van der Waals surface area contributed by atoms with Gasteiger partial charge in [0.05, 0.1) is 10.0 Å². The summed E-state index contributed by atoms with van der Waals surface area (Å²) in [6, 6.07) is 0. The number of hydrogen-bond donors (Lipinski definition) is 1. The summed E-state index contributed by atoms with van der Waals surface area (Å²) >= 11 is 3.33. The van der Waals surface area contributed by atoms with Gasteiger partial charge in [0.15, 0.2) is 0 Å². The molecule has 0 saturated heterocycles. The van der Waals surface area contributed by atoms with Crippen LogP contribution in [0.15, 0.2) is 10.7 Å². The molecule has 0 aliphatic rings.